The van der Waals surface area contributed by atoms with Crippen LogP contribution in [0.2, 0.25) is 5.02 Å². The molecule has 3 aromatic rings. The Morgan fingerprint density at radius 3 is 2.58 bits per heavy atom. The molecule has 0 radical (unpaired) electrons. The number of nitrogens with zero attached hydrogens (tertiary/aromatic N) is 1. The first-order chi connectivity index (χ1) is 14.9. The maximum absolute atomic E-state index is 12.3. The SMILES string of the molecule is CC(C)CCNC(=O)c1cc(COc2ccc(NC(=O)c3cccc(Cl)c3)cc2)on1. The van der Waals surface area contributed by atoms with Crippen molar-refractivity contribution in [3.8, 4) is 5.75 Å². The van der Waals surface area contributed by atoms with Gasteiger partial charge in [-0.3, -0.25) is 9.59 Å². The molecule has 1 aromatic heterocycles. The van der Waals surface area contributed by atoms with Crippen molar-refractivity contribution in [1.82, 2.24) is 10.5 Å². The van der Waals surface area contributed by atoms with Crippen LogP contribution in [0.5, 0.6) is 5.75 Å². The first-order valence-electron chi connectivity index (χ1n) is 9.94. The number of hydrogen-bond donors (Lipinski definition) is 2. The molecule has 2 amide bonds. The minimum absolute atomic E-state index is 0.125. The Morgan fingerprint density at radius 1 is 1.10 bits per heavy atom. The third-order valence-electron chi connectivity index (χ3n) is 4.38. The van der Waals surface area contributed by atoms with Crippen LogP contribution in [0.3, 0.4) is 0 Å². The van der Waals surface area contributed by atoms with Gasteiger partial charge in [0.05, 0.1) is 0 Å². The molecule has 0 atom stereocenters. The molecule has 1 heterocycles. The summed E-state index contributed by atoms with van der Waals surface area (Å²) in [5.41, 5.74) is 1.32. The van der Waals surface area contributed by atoms with E-state index in [1.807, 2.05) is 0 Å². The highest BCUT2D eigenvalue weighted by molar-refractivity contribution is 6.31. The van der Waals surface area contributed by atoms with Gasteiger partial charge in [-0.15, -0.1) is 0 Å². The van der Waals surface area contributed by atoms with Crippen molar-refractivity contribution in [2.75, 3.05) is 11.9 Å². The Kier molecular flexibility index (Phi) is 7.67. The van der Waals surface area contributed by atoms with Crippen molar-refractivity contribution in [2.45, 2.75) is 26.9 Å². The van der Waals surface area contributed by atoms with Crippen LogP contribution in [0.4, 0.5) is 5.69 Å². The summed E-state index contributed by atoms with van der Waals surface area (Å²) in [6, 6.07) is 15.2. The zero-order chi connectivity index (χ0) is 22.2. The highest BCUT2D eigenvalue weighted by atomic mass is 35.5. The van der Waals surface area contributed by atoms with E-state index in [4.69, 9.17) is 20.9 Å². The normalized spacial score (nSPS) is 10.7. The van der Waals surface area contributed by atoms with E-state index in [1.54, 1.807) is 54.6 Å². The molecule has 2 N–H and O–H groups in total. The van der Waals surface area contributed by atoms with Crippen LogP contribution in [0.25, 0.3) is 0 Å². The first-order valence-corrected chi connectivity index (χ1v) is 10.3. The number of halogens is 1. The molecule has 0 bridgehead atoms. The van der Waals surface area contributed by atoms with Crippen LogP contribution in [0, 0.1) is 5.92 Å². The van der Waals surface area contributed by atoms with Gasteiger partial charge in [0.15, 0.2) is 11.5 Å². The lowest BCUT2D eigenvalue weighted by molar-refractivity contribution is 0.0941. The predicted octanol–water partition coefficient (Wildman–Crippen LogP) is 4.94. The number of nitrogens with one attached hydrogen (secondary N) is 2. The van der Waals surface area contributed by atoms with Crippen LogP contribution in [-0.2, 0) is 6.61 Å². The minimum atomic E-state index is -0.268. The number of benzene rings is 2. The van der Waals surface area contributed by atoms with Gasteiger partial charge in [0, 0.05) is 28.9 Å². The number of amides is 2. The molecule has 0 aliphatic carbocycles. The summed E-state index contributed by atoms with van der Waals surface area (Å²) in [4.78, 5) is 24.3. The average molecular weight is 442 g/mol. The van der Waals surface area contributed by atoms with Crippen LogP contribution in [-0.4, -0.2) is 23.5 Å². The summed E-state index contributed by atoms with van der Waals surface area (Å²) in [5, 5.41) is 9.89. The molecule has 7 nitrogen and oxygen atoms in total. The lowest BCUT2D eigenvalue weighted by atomic mass is 10.1. The van der Waals surface area contributed by atoms with Crippen molar-refractivity contribution in [1.29, 1.82) is 0 Å². The third-order valence-corrected chi connectivity index (χ3v) is 4.61. The van der Waals surface area contributed by atoms with Crippen LogP contribution in [0.15, 0.2) is 59.1 Å². The molecule has 0 saturated carbocycles. The number of anilines is 1. The van der Waals surface area contributed by atoms with Crippen molar-refractivity contribution in [3.05, 3.63) is 76.6 Å². The molecule has 2 aromatic carbocycles. The Balaban J connectivity index is 1.49. The van der Waals surface area contributed by atoms with Gasteiger partial charge in [-0.25, -0.2) is 0 Å². The summed E-state index contributed by atoms with van der Waals surface area (Å²) in [7, 11) is 0. The van der Waals surface area contributed by atoms with Gasteiger partial charge in [0.25, 0.3) is 11.8 Å². The Bertz CT molecular complexity index is 1030. The number of aromatic nitrogens is 1. The zero-order valence-corrected chi connectivity index (χ0v) is 18.1. The van der Waals surface area contributed by atoms with Gasteiger partial charge in [0.2, 0.25) is 0 Å². The van der Waals surface area contributed by atoms with Crippen LogP contribution < -0.4 is 15.4 Å². The van der Waals surface area contributed by atoms with E-state index < -0.39 is 0 Å². The van der Waals surface area contributed by atoms with Crippen molar-refractivity contribution in [2.24, 2.45) is 5.92 Å². The fraction of sp³-hybridized carbons (Fsp3) is 0.261. The van der Waals surface area contributed by atoms with Gasteiger partial charge < -0.3 is 19.9 Å². The maximum Gasteiger partial charge on any atom is 0.273 e. The van der Waals surface area contributed by atoms with E-state index in [9.17, 15) is 9.59 Å². The minimum Gasteiger partial charge on any atom is -0.486 e. The lowest BCUT2D eigenvalue weighted by Crippen LogP contribution is -2.25. The predicted molar refractivity (Wildman–Crippen MR) is 118 cm³/mol. The van der Waals surface area contributed by atoms with E-state index in [2.05, 4.69) is 29.6 Å². The molecular formula is C23H24ClN3O4. The quantitative estimate of drug-likeness (QED) is 0.490. The van der Waals surface area contributed by atoms with Crippen molar-refractivity contribution < 1.29 is 18.8 Å². The first kappa shape index (κ1) is 22.4. The maximum atomic E-state index is 12.3. The molecule has 31 heavy (non-hydrogen) atoms. The molecule has 3 rings (SSSR count). The van der Waals surface area contributed by atoms with Gasteiger partial charge in [-0.2, -0.15) is 0 Å². The molecule has 0 aliphatic heterocycles. The number of carbonyl (C=O) groups excluding carboxylic acids is 2. The third kappa shape index (κ3) is 6.86. The zero-order valence-electron chi connectivity index (χ0n) is 17.4. The standard InChI is InChI=1S/C23H24ClN3O4/c1-15(2)10-11-25-23(29)21-13-20(31-27-21)14-30-19-8-6-18(7-9-19)26-22(28)16-4-3-5-17(24)12-16/h3-9,12-13,15H,10-11,14H2,1-2H3,(H,25,29)(H,26,28). The second-order valence-corrected chi connectivity index (χ2v) is 7.83. The number of carbonyl (C=O) groups is 2. The van der Waals surface area contributed by atoms with Crippen LogP contribution in [0.1, 0.15) is 46.9 Å². The molecular weight excluding hydrogens is 418 g/mol. The van der Waals surface area contributed by atoms with Gasteiger partial charge >= 0.3 is 0 Å². The second-order valence-electron chi connectivity index (χ2n) is 7.39. The van der Waals surface area contributed by atoms with Crippen LogP contribution >= 0.6 is 11.6 Å². The van der Waals surface area contributed by atoms with Crippen molar-refractivity contribution >= 4 is 29.1 Å². The van der Waals surface area contributed by atoms with E-state index in [-0.39, 0.29) is 24.1 Å². The Hall–Kier alpha value is -3.32. The van der Waals surface area contributed by atoms with E-state index >= 15 is 0 Å². The fourth-order valence-electron chi connectivity index (χ4n) is 2.67. The molecule has 0 spiro atoms. The molecule has 0 unspecified atom stereocenters. The molecule has 162 valence electrons. The highest BCUT2D eigenvalue weighted by Gasteiger charge is 2.13. The van der Waals surface area contributed by atoms with E-state index in [0.717, 1.165) is 6.42 Å². The van der Waals surface area contributed by atoms with Gasteiger partial charge in [-0.1, -0.05) is 36.7 Å². The summed E-state index contributed by atoms with van der Waals surface area (Å²) >= 11 is 5.92. The second kappa shape index (κ2) is 10.6. The topological polar surface area (TPSA) is 93.5 Å². The largest absolute Gasteiger partial charge is 0.486 e. The molecule has 0 saturated heterocycles. The molecule has 0 fully saturated rings. The lowest BCUT2D eigenvalue weighted by Gasteiger charge is -2.07. The number of rotatable bonds is 9. The summed E-state index contributed by atoms with van der Waals surface area (Å²) < 4.78 is 10.8. The molecule has 8 heteroatoms. The molecule has 0 aliphatic rings. The van der Waals surface area contributed by atoms with Gasteiger partial charge in [0.1, 0.15) is 12.4 Å². The number of ether oxygens (including phenoxy) is 1. The average Bonchev–Trinajstić information content (AvgIpc) is 3.22. The summed E-state index contributed by atoms with van der Waals surface area (Å²) in [6.45, 7) is 4.91. The fourth-order valence-corrected chi connectivity index (χ4v) is 2.87. The monoisotopic (exact) mass is 441 g/mol. The Morgan fingerprint density at radius 2 is 1.87 bits per heavy atom. The van der Waals surface area contributed by atoms with Crippen molar-refractivity contribution in [3.63, 3.8) is 0 Å². The highest BCUT2D eigenvalue weighted by Crippen LogP contribution is 2.19. The van der Waals surface area contributed by atoms with E-state index in [0.29, 0.717) is 40.2 Å². The Labute approximate surface area is 185 Å². The van der Waals surface area contributed by atoms with Gasteiger partial charge in [-0.05, 0) is 54.8 Å². The smallest absolute Gasteiger partial charge is 0.273 e. The summed E-state index contributed by atoms with van der Waals surface area (Å²) in [6.07, 6.45) is 0.898. The summed E-state index contributed by atoms with van der Waals surface area (Å²) in [5.74, 6) is 1.01. The van der Waals surface area contributed by atoms with E-state index in [1.165, 1.54) is 0 Å². The number of hydrogen-bond acceptors (Lipinski definition) is 5.